The lowest BCUT2D eigenvalue weighted by Gasteiger charge is -2.07. The number of aromatic nitrogens is 3. The molecule has 3 rings (SSSR count). The van der Waals surface area contributed by atoms with Gasteiger partial charge in [-0.2, -0.15) is 5.10 Å². The molecule has 2 aromatic heterocycles. The second-order valence-corrected chi connectivity index (χ2v) is 6.65. The number of fused-ring (bicyclic) bond motifs is 1. The maximum Gasteiger partial charge on any atom is 0.264 e. The van der Waals surface area contributed by atoms with Gasteiger partial charge in [0.25, 0.3) is 10.0 Å². The number of rotatable bonds is 4. The Kier molecular flexibility index (Phi) is 4.02. The molecule has 1 aromatic carbocycles. The summed E-state index contributed by atoms with van der Waals surface area (Å²) < 4.78 is 41.9. The number of amides is 1. The molecular formula is C15H13FN4O3S. The summed E-state index contributed by atoms with van der Waals surface area (Å²) in [6.45, 7) is 1.52. The first-order valence-corrected chi connectivity index (χ1v) is 8.54. The van der Waals surface area contributed by atoms with E-state index in [0.717, 1.165) is 6.07 Å². The number of benzene rings is 1. The van der Waals surface area contributed by atoms with E-state index in [0.29, 0.717) is 11.2 Å². The van der Waals surface area contributed by atoms with Crippen LogP contribution in [0.1, 0.15) is 13.3 Å². The zero-order valence-electron chi connectivity index (χ0n) is 12.6. The van der Waals surface area contributed by atoms with Gasteiger partial charge in [-0.25, -0.2) is 27.0 Å². The molecule has 0 aliphatic rings. The number of sulfonamides is 1. The first-order valence-electron chi connectivity index (χ1n) is 7.06. The van der Waals surface area contributed by atoms with Crippen molar-refractivity contribution in [1.29, 1.82) is 0 Å². The molecule has 0 fully saturated rings. The standard InChI is InChI=1S/C15H13FN4O3S/c1-2-14(21)19-24(22,23)10-4-5-11(13(16)8-10)12-9-18-20-7-3-6-17-15(12)20/h3-9H,2H2,1H3,(H,19,21). The van der Waals surface area contributed by atoms with E-state index in [1.54, 1.807) is 18.5 Å². The van der Waals surface area contributed by atoms with Crippen LogP contribution in [0.25, 0.3) is 16.8 Å². The van der Waals surface area contributed by atoms with Gasteiger partial charge < -0.3 is 0 Å². The van der Waals surface area contributed by atoms with Crippen LogP contribution in [-0.2, 0) is 14.8 Å². The van der Waals surface area contributed by atoms with Crippen LogP contribution in [0.3, 0.4) is 0 Å². The van der Waals surface area contributed by atoms with Crippen LogP contribution in [-0.4, -0.2) is 28.9 Å². The molecule has 0 atom stereocenters. The molecule has 0 radical (unpaired) electrons. The van der Waals surface area contributed by atoms with Crippen LogP contribution < -0.4 is 4.72 Å². The predicted molar refractivity (Wildman–Crippen MR) is 84.0 cm³/mol. The summed E-state index contributed by atoms with van der Waals surface area (Å²) in [6, 6.07) is 5.11. The Hall–Kier alpha value is -2.81. The molecule has 1 N–H and O–H groups in total. The third kappa shape index (κ3) is 2.85. The van der Waals surface area contributed by atoms with E-state index in [1.165, 1.54) is 29.8 Å². The molecule has 2 heterocycles. The van der Waals surface area contributed by atoms with Crippen molar-refractivity contribution < 1.29 is 17.6 Å². The Morgan fingerprint density at radius 1 is 1.33 bits per heavy atom. The highest BCUT2D eigenvalue weighted by Crippen LogP contribution is 2.27. The van der Waals surface area contributed by atoms with Gasteiger partial charge >= 0.3 is 0 Å². The minimum absolute atomic E-state index is 0.00780. The van der Waals surface area contributed by atoms with Crippen LogP contribution in [0, 0.1) is 5.82 Å². The van der Waals surface area contributed by atoms with Gasteiger partial charge in [0.05, 0.1) is 11.1 Å². The SMILES string of the molecule is CCC(=O)NS(=O)(=O)c1ccc(-c2cnn3cccnc23)c(F)c1. The van der Waals surface area contributed by atoms with Crippen molar-refractivity contribution in [3.05, 3.63) is 48.7 Å². The summed E-state index contributed by atoms with van der Waals surface area (Å²) >= 11 is 0. The lowest BCUT2D eigenvalue weighted by atomic mass is 10.1. The normalized spacial score (nSPS) is 11.6. The molecule has 0 unspecified atom stereocenters. The van der Waals surface area contributed by atoms with Gasteiger partial charge in [-0.3, -0.25) is 4.79 Å². The first kappa shape index (κ1) is 16.1. The molecule has 0 aliphatic heterocycles. The van der Waals surface area contributed by atoms with Crippen molar-refractivity contribution >= 4 is 21.6 Å². The van der Waals surface area contributed by atoms with E-state index in [2.05, 4.69) is 10.1 Å². The second-order valence-electron chi connectivity index (χ2n) is 4.97. The Labute approximate surface area is 137 Å². The third-order valence-electron chi connectivity index (χ3n) is 3.39. The van der Waals surface area contributed by atoms with E-state index in [4.69, 9.17) is 0 Å². The van der Waals surface area contributed by atoms with Gasteiger partial charge in [0.2, 0.25) is 5.91 Å². The summed E-state index contributed by atoms with van der Waals surface area (Å²) in [6.07, 6.45) is 4.68. The number of nitrogens with zero attached hydrogens (tertiary/aromatic N) is 3. The zero-order valence-corrected chi connectivity index (χ0v) is 13.4. The summed E-state index contributed by atoms with van der Waals surface area (Å²) in [5.41, 5.74) is 1.06. The molecule has 0 saturated heterocycles. The van der Waals surface area contributed by atoms with E-state index in [1.807, 2.05) is 4.72 Å². The lowest BCUT2D eigenvalue weighted by Crippen LogP contribution is -2.29. The Bertz CT molecular complexity index is 1030. The number of hydrogen-bond donors (Lipinski definition) is 1. The largest absolute Gasteiger partial charge is 0.274 e. The van der Waals surface area contributed by atoms with E-state index >= 15 is 0 Å². The summed E-state index contributed by atoms with van der Waals surface area (Å²) in [5.74, 6) is -1.41. The topological polar surface area (TPSA) is 93.4 Å². The highest BCUT2D eigenvalue weighted by molar-refractivity contribution is 7.90. The lowest BCUT2D eigenvalue weighted by molar-refractivity contribution is -0.119. The number of hydrogen-bond acceptors (Lipinski definition) is 5. The van der Waals surface area contributed by atoms with E-state index < -0.39 is 21.7 Å². The van der Waals surface area contributed by atoms with Crippen LogP contribution in [0.2, 0.25) is 0 Å². The number of nitrogens with one attached hydrogen (secondary N) is 1. The molecule has 0 aliphatic carbocycles. The van der Waals surface area contributed by atoms with Gasteiger partial charge in [0, 0.05) is 29.9 Å². The van der Waals surface area contributed by atoms with Crippen molar-refractivity contribution in [2.24, 2.45) is 0 Å². The molecular weight excluding hydrogens is 335 g/mol. The van der Waals surface area contributed by atoms with Crippen molar-refractivity contribution in [2.45, 2.75) is 18.2 Å². The molecule has 0 spiro atoms. The van der Waals surface area contributed by atoms with Crippen LogP contribution in [0.4, 0.5) is 4.39 Å². The van der Waals surface area contributed by atoms with Crippen LogP contribution in [0.5, 0.6) is 0 Å². The number of halogens is 1. The van der Waals surface area contributed by atoms with Crippen LogP contribution >= 0.6 is 0 Å². The Morgan fingerprint density at radius 3 is 2.83 bits per heavy atom. The minimum atomic E-state index is -4.10. The molecule has 24 heavy (non-hydrogen) atoms. The number of carbonyl (C=O) groups is 1. The maximum absolute atomic E-state index is 14.4. The van der Waals surface area contributed by atoms with Crippen molar-refractivity contribution in [3.8, 4) is 11.1 Å². The van der Waals surface area contributed by atoms with Gasteiger partial charge in [-0.05, 0) is 24.3 Å². The number of carbonyl (C=O) groups excluding carboxylic acids is 1. The highest BCUT2D eigenvalue weighted by atomic mass is 32.2. The maximum atomic E-state index is 14.4. The molecule has 0 bridgehead atoms. The first-order chi connectivity index (χ1) is 11.4. The zero-order chi connectivity index (χ0) is 17.3. The fourth-order valence-electron chi connectivity index (χ4n) is 2.18. The summed E-state index contributed by atoms with van der Waals surface area (Å²) in [4.78, 5) is 15.1. The fraction of sp³-hybridized carbons (Fsp3) is 0.133. The minimum Gasteiger partial charge on any atom is -0.274 e. The average molecular weight is 348 g/mol. The smallest absolute Gasteiger partial charge is 0.264 e. The molecule has 124 valence electrons. The average Bonchev–Trinajstić information content (AvgIpc) is 2.98. The summed E-state index contributed by atoms with van der Waals surface area (Å²) in [7, 11) is -4.10. The second kappa shape index (κ2) is 6.00. The van der Waals surface area contributed by atoms with E-state index in [9.17, 15) is 17.6 Å². The molecule has 9 heteroatoms. The van der Waals surface area contributed by atoms with Gasteiger partial charge in [-0.1, -0.05) is 6.92 Å². The van der Waals surface area contributed by atoms with Crippen molar-refractivity contribution in [1.82, 2.24) is 19.3 Å². The van der Waals surface area contributed by atoms with Crippen LogP contribution in [0.15, 0.2) is 47.8 Å². The molecule has 1 amide bonds. The summed E-state index contributed by atoms with van der Waals surface area (Å²) in [5, 5.41) is 4.07. The quantitative estimate of drug-likeness (QED) is 0.775. The van der Waals surface area contributed by atoms with Gasteiger partial charge in [-0.15, -0.1) is 0 Å². The van der Waals surface area contributed by atoms with Gasteiger partial charge in [0.1, 0.15) is 5.82 Å². The molecule has 7 nitrogen and oxygen atoms in total. The predicted octanol–water partition coefficient (Wildman–Crippen LogP) is 1.75. The molecule has 3 aromatic rings. The van der Waals surface area contributed by atoms with E-state index in [-0.39, 0.29) is 16.9 Å². The van der Waals surface area contributed by atoms with Crippen molar-refractivity contribution in [3.63, 3.8) is 0 Å². The Balaban J connectivity index is 2.03. The Morgan fingerprint density at radius 2 is 2.12 bits per heavy atom. The third-order valence-corrected chi connectivity index (χ3v) is 4.76. The monoisotopic (exact) mass is 348 g/mol. The molecule has 0 saturated carbocycles. The fourth-order valence-corrected chi connectivity index (χ4v) is 3.25. The van der Waals surface area contributed by atoms with Crippen molar-refractivity contribution in [2.75, 3.05) is 0 Å². The van der Waals surface area contributed by atoms with Gasteiger partial charge in [0.15, 0.2) is 5.65 Å². The highest BCUT2D eigenvalue weighted by Gasteiger charge is 2.20.